The van der Waals surface area contributed by atoms with E-state index in [2.05, 4.69) is 26.6 Å². The van der Waals surface area contributed by atoms with Crippen molar-refractivity contribution in [3.8, 4) is 0 Å². The van der Waals surface area contributed by atoms with Crippen LogP contribution in [0.4, 0.5) is 0 Å². The highest BCUT2D eigenvalue weighted by molar-refractivity contribution is 9.10. The van der Waals surface area contributed by atoms with Gasteiger partial charge in [0.05, 0.1) is 5.56 Å². The number of amides is 2. The van der Waals surface area contributed by atoms with E-state index in [1.54, 1.807) is 30.0 Å². The van der Waals surface area contributed by atoms with Crippen molar-refractivity contribution in [2.24, 2.45) is 5.73 Å². The van der Waals surface area contributed by atoms with Crippen LogP contribution in [0.5, 0.6) is 0 Å². The third kappa shape index (κ3) is 6.07. The molecule has 4 N–H and O–H groups in total. The molecule has 1 aromatic carbocycles. The SMILES string of the molecule is CSCCC(NC(=O)c1ccccc1Br)C(=O)NCCN. The minimum absolute atomic E-state index is 0.199. The molecule has 116 valence electrons. The predicted octanol–water partition coefficient (Wildman–Crippen LogP) is 1.38. The summed E-state index contributed by atoms with van der Waals surface area (Å²) >= 11 is 4.97. The molecule has 0 aliphatic rings. The standard InChI is InChI=1S/C14H20BrN3O2S/c1-21-9-6-12(14(20)17-8-7-16)18-13(19)10-4-2-3-5-11(10)15/h2-5,12H,6-9,16H2,1H3,(H,17,20)(H,18,19). The Morgan fingerprint density at radius 3 is 2.71 bits per heavy atom. The fourth-order valence-electron chi connectivity index (χ4n) is 1.70. The Morgan fingerprint density at radius 2 is 2.10 bits per heavy atom. The summed E-state index contributed by atoms with van der Waals surface area (Å²) in [7, 11) is 0. The summed E-state index contributed by atoms with van der Waals surface area (Å²) in [6, 6.07) is 6.57. The molecular formula is C14H20BrN3O2S. The first-order valence-electron chi connectivity index (χ1n) is 6.62. The van der Waals surface area contributed by atoms with Crippen LogP contribution in [0.15, 0.2) is 28.7 Å². The molecule has 0 bridgehead atoms. The van der Waals surface area contributed by atoms with Crippen LogP contribution in [0.2, 0.25) is 0 Å². The fraction of sp³-hybridized carbons (Fsp3) is 0.429. The van der Waals surface area contributed by atoms with E-state index in [0.717, 1.165) is 5.75 Å². The molecule has 0 aliphatic carbocycles. The van der Waals surface area contributed by atoms with Gasteiger partial charge in [0.1, 0.15) is 6.04 Å². The molecule has 1 unspecified atom stereocenters. The summed E-state index contributed by atoms with van der Waals surface area (Å²) in [5.74, 6) is 0.322. The number of hydrogen-bond acceptors (Lipinski definition) is 4. The third-order valence-corrected chi connectivity index (χ3v) is 4.13. The van der Waals surface area contributed by atoms with Crippen LogP contribution < -0.4 is 16.4 Å². The second-order valence-corrected chi connectivity index (χ2v) is 6.21. The summed E-state index contributed by atoms with van der Waals surface area (Å²) in [5.41, 5.74) is 5.89. The fourth-order valence-corrected chi connectivity index (χ4v) is 2.64. The molecule has 0 saturated carbocycles. The number of benzene rings is 1. The van der Waals surface area contributed by atoms with Gasteiger partial charge in [-0.25, -0.2) is 0 Å². The van der Waals surface area contributed by atoms with Crippen molar-refractivity contribution in [1.29, 1.82) is 0 Å². The Kier molecular flexibility index (Phi) is 8.41. The van der Waals surface area contributed by atoms with Crippen molar-refractivity contribution in [3.05, 3.63) is 34.3 Å². The number of carbonyl (C=O) groups is 2. The molecule has 0 saturated heterocycles. The molecule has 0 fully saturated rings. The highest BCUT2D eigenvalue weighted by Crippen LogP contribution is 2.16. The van der Waals surface area contributed by atoms with Crippen molar-refractivity contribution < 1.29 is 9.59 Å². The predicted molar refractivity (Wildman–Crippen MR) is 90.5 cm³/mol. The van der Waals surface area contributed by atoms with Gasteiger partial charge in [0.25, 0.3) is 5.91 Å². The van der Waals surface area contributed by atoms with Crippen LogP contribution in [-0.4, -0.2) is 43.0 Å². The molecule has 1 rings (SSSR count). The Balaban J connectivity index is 2.73. The van der Waals surface area contributed by atoms with Crippen LogP contribution in [0.3, 0.4) is 0 Å². The van der Waals surface area contributed by atoms with Crippen LogP contribution >= 0.6 is 27.7 Å². The third-order valence-electron chi connectivity index (χ3n) is 2.79. The van der Waals surface area contributed by atoms with E-state index in [-0.39, 0.29) is 11.8 Å². The zero-order chi connectivity index (χ0) is 15.7. The lowest BCUT2D eigenvalue weighted by Crippen LogP contribution is -2.48. The minimum Gasteiger partial charge on any atom is -0.353 e. The van der Waals surface area contributed by atoms with E-state index in [0.29, 0.717) is 29.5 Å². The van der Waals surface area contributed by atoms with Crippen LogP contribution in [0.25, 0.3) is 0 Å². The summed E-state index contributed by atoms with van der Waals surface area (Å²) in [5, 5.41) is 5.50. The Morgan fingerprint density at radius 1 is 1.38 bits per heavy atom. The molecule has 0 radical (unpaired) electrons. The molecule has 2 amide bonds. The number of rotatable bonds is 8. The molecule has 0 spiro atoms. The summed E-state index contributed by atoms with van der Waals surface area (Å²) in [4.78, 5) is 24.3. The number of thioether (sulfide) groups is 1. The van der Waals surface area contributed by atoms with Gasteiger partial charge >= 0.3 is 0 Å². The number of nitrogens with one attached hydrogen (secondary N) is 2. The van der Waals surface area contributed by atoms with Crippen molar-refractivity contribution in [1.82, 2.24) is 10.6 Å². The molecule has 0 aliphatic heterocycles. The van der Waals surface area contributed by atoms with E-state index in [1.165, 1.54) is 0 Å². The van der Waals surface area contributed by atoms with Crippen molar-refractivity contribution >= 4 is 39.5 Å². The second-order valence-electron chi connectivity index (χ2n) is 4.37. The van der Waals surface area contributed by atoms with Gasteiger partial charge in [0.15, 0.2) is 0 Å². The first kappa shape index (κ1) is 18.0. The van der Waals surface area contributed by atoms with E-state index in [4.69, 9.17) is 5.73 Å². The molecular weight excluding hydrogens is 354 g/mol. The quantitative estimate of drug-likeness (QED) is 0.642. The Bertz CT molecular complexity index is 485. The van der Waals surface area contributed by atoms with E-state index in [9.17, 15) is 9.59 Å². The van der Waals surface area contributed by atoms with Gasteiger partial charge < -0.3 is 16.4 Å². The topological polar surface area (TPSA) is 84.2 Å². The summed E-state index contributed by atoms with van der Waals surface area (Å²) in [6.45, 7) is 0.776. The average molecular weight is 374 g/mol. The van der Waals surface area contributed by atoms with Gasteiger partial charge in [-0.3, -0.25) is 9.59 Å². The number of nitrogens with two attached hydrogens (primary N) is 1. The zero-order valence-corrected chi connectivity index (χ0v) is 14.3. The molecule has 0 aromatic heterocycles. The smallest absolute Gasteiger partial charge is 0.253 e. The Labute approximate surface area is 137 Å². The maximum absolute atomic E-state index is 12.3. The van der Waals surface area contributed by atoms with Gasteiger partial charge in [-0.1, -0.05) is 12.1 Å². The van der Waals surface area contributed by atoms with Crippen molar-refractivity contribution in [2.75, 3.05) is 25.1 Å². The van der Waals surface area contributed by atoms with Gasteiger partial charge in [0.2, 0.25) is 5.91 Å². The number of hydrogen-bond donors (Lipinski definition) is 3. The largest absolute Gasteiger partial charge is 0.353 e. The number of carbonyl (C=O) groups excluding carboxylic acids is 2. The van der Waals surface area contributed by atoms with Crippen LogP contribution in [-0.2, 0) is 4.79 Å². The zero-order valence-electron chi connectivity index (χ0n) is 11.9. The highest BCUT2D eigenvalue weighted by atomic mass is 79.9. The van der Waals surface area contributed by atoms with Gasteiger partial charge in [-0.05, 0) is 46.5 Å². The van der Waals surface area contributed by atoms with E-state index in [1.807, 2.05) is 12.3 Å². The molecule has 7 heteroatoms. The van der Waals surface area contributed by atoms with E-state index < -0.39 is 6.04 Å². The van der Waals surface area contributed by atoms with Crippen molar-refractivity contribution in [2.45, 2.75) is 12.5 Å². The lowest BCUT2D eigenvalue weighted by molar-refractivity contribution is -0.122. The molecule has 1 atom stereocenters. The summed E-state index contributed by atoms with van der Waals surface area (Å²) < 4.78 is 0.702. The monoisotopic (exact) mass is 373 g/mol. The second kappa shape index (κ2) is 9.81. The van der Waals surface area contributed by atoms with Crippen LogP contribution in [0, 0.1) is 0 Å². The first-order valence-corrected chi connectivity index (χ1v) is 8.81. The van der Waals surface area contributed by atoms with Crippen molar-refractivity contribution in [3.63, 3.8) is 0 Å². The maximum Gasteiger partial charge on any atom is 0.253 e. The van der Waals surface area contributed by atoms with E-state index >= 15 is 0 Å². The molecule has 21 heavy (non-hydrogen) atoms. The first-order chi connectivity index (χ1) is 10.1. The molecule has 1 aromatic rings. The average Bonchev–Trinajstić information content (AvgIpc) is 2.49. The van der Waals surface area contributed by atoms with Gasteiger partial charge in [-0.2, -0.15) is 11.8 Å². The maximum atomic E-state index is 12.3. The lowest BCUT2D eigenvalue weighted by atomic mass is 10.1. The normalized spacial score (nSPS) is 11.8. The minimum atomic E-state index is -0.552. The number of halogens is 1. The Hall–Kier alpha value is -1.05. The molecule has 5 nitrogen and oxygen atoms in total. The van der Waals surface area contributed by atoms with Crippen LogP contribution in [0.1, 0.15) is 16.8 Å². The lowest BCUT2D eigenvalue weighted by Gasteiger charge is -2.18. The van der Waals surface area contributed by atoms with Gasteiger partial charge in [0, 0.05) is 17.6 Å². The van der Waals surface area contributed by atoms with Gasteiger partial charge in [-0.15, -0.1) is 0 Å². The highest BCUT2D eigenvalue weighted by Gasteiger charge is 2.21. The molecule has 0 heterocycles. The summed E-state index contributed by atoms with van der Waals surface area (Å²) in [6.07, 6.45) is 2.54.